The quantitative estimate of drug-likeness (QED) is 0.784. The van der Waals surface area contributed by atoms with Gasteiger partial charge < -0.3 is 5.32 Å². The van der Waals surface area contributed by atoms with Gasteiger partial charge in [0.1, 0.15) is 4.88 Å². The fourth-order valence-corrected chi connectivity index (χ4v) is 3.70. The minimum atomic E-state index is -0.165. The van der Waals surface area contributed by atoms with E-state index in [4.69, 9.17) is 0 Å². The molecule has 1 aromatic heterocycles. The van der Waals surface area contributed by atoms with Gasteiger partial charge in [-0.15, -0.1) is 5.10 Å². The van der Waals surface area contributed by atoms with E-state index in [0.717, 1.165) is 23.9 Å². The first-order chi connectivity index (χ1) is 9.29. The average Bonchev–Trinajstić information content (AvgIpc) is 2.90. The van der Waals surface area contributed by atoms with Crippen LogP contribution in [0.4, 0.5) is 0 Å². The maximum Gasteiger partial charge on any atom is 0.264 e. The Hall–Kier alpha value is -0.490. The third kappa shape index (κ3) is 4.01. The molecule has 1 heterocycles. The number of carbonyl (C=O) groups excluding carboxylic acids is 1. The first-order valence-corrected chi connectivity index (χ1v) is 8.86. The second kappa shape index (κ2) is 6.98. The van der Waals surface area contributed by atoms with E-state index >= 15 is 0 Å². The van der Waals surface area contributed by atoms with Crippen LogP contribution in [0.5, 0.6) is 0 Å². The lowest BCUT2D eigenvalue weighted by Crippen LogP contribution is -2.38. The maximum absolute atomic E-state index is 12.4. The monoisotopic (exact) mass is 361 g/mol. The van der Waals surface area contributed by atoms with Gasteiger partial charge in [0.15, 0.2) is 0 Å². The highest BCUT2D eigenvalue weighted by Crippen LogP contribution is 2.29. The van der Waals surface area contributed by atoms with Crippen molar-refractivity contribution in [2.24, 2.45) is 5.41 Å². The largest absolute Gasteiger partial charge is 0.351 e. The molecule has 1 N–H and O–H groups in total. The third-order valence-corrected chi connectivity index (χ3v) is 5.73. The van der Waals surface area contributed by atoms with Crippen molar-refractivity contribution in [1.82, 2.24) is 14.9 Å². The molecule has 0 fully saturated rings. The number of rotatable bonds is 6. The van der Waals surface area contributed by atoms with Crippen LogP contribution in [0.2, 0.25) is 0 Å². The summed E-state index contributed by atoms with van der Waals surface area (Å²) in [5, 5.41) is 8.05. The normalized spacial score (nSPS) is 12.5. The van der Waals surface area contributed by atoms with Crippen molar-refractivity contribution >= 4 is 33.4 Å². The Morgan fingerprint density at radius 2 is 1.90 bits per heavy atom. The summed E-state index contributed by atoms with van der Waals surface area (Å²) in [6.45, 7) is 11.1. The SMILES string of the molecule is CCC(CC)(CBr)CNC(=O)c1snnc1C(C)(C)C. The summed E-state index contributed by atoms with van der Waals surface area (Å²) in [5.41, 5.74) is 0.731. The maximum atomic E-state index is 12.4. The van der Waals surface area contributed by atoms with Crippen molar-refractivity contribution in [1.29, 1.82) is 0 Å². The molecule has 20 heavy (non-hydrogen) atoms. The first-order valence-electron chi connectivity index (χ1n) is 6.96. The standard InChI is InChI=1S/C14H24BrN3OS/c1-6-14(7-2,8-15)9-16-12(19)10-11(13(3,4)5)17-18-20-10/h6-9H2,1-5H3,(H,16,19). The Kier molecular flexibility index (Phi) is 6.13. The van der Waals surface area contributed by atoms with E-state index in [1.54, 1.807) is 0 Å². The average molecular weight is 362 g/mol. The van der Waals surface area contributed by atoms with E-state index in [1.165, 1.54) is 11.5 Å². The molecule has 4 nitrogen and oxygen atoms in total. The third-order valence-electron chi connectivity index (χ3n) is 3.81. The number of aromatic nitrogens is 2. The minimum absolute atomic E-state index is 0.0582. The van der Waals surface area contributed by atoms with Gasteiger partial charge in [-0.25, -0.2) is 0 Å². The van der Waals surface area contributed by atoms with Crippen LogP contribution in [-0.2, 0) is 5.41 Å². The van der Waals surface area contributed by atoms with Crippen LogP contribution < -0.4 is 5.32 Å². The molecule has 1 amide bonds. The van der Waals surface area contributed by atoms with Gasteiger partial charge in [0.05, 0.1) is 5.69 Å². The highest BCUT2D eigenvalue weighted by Gasteiger charge is 2.29. The predicted octanol–water partition coefficient (Wildman–Crippen LogP) is 3.77. The molecule has 0 spiro atoms. The molecule has 0 aromatic carbocycles. The van der Waals surface area contributed by atoms with E-state index in [1.807, 2.05) is 20.8 Å². The molecule has 6 heteroatoms. The summed E-state index contributed by atoms with van der Waals surface area (Å²) in [6.07, 6.45) is 2.06. The fraction of sp³-hybridized carbons (Fsp3) is 0.786. The minimum Gasteiger partial charge on any atom is -0.351 e. The Balaban J connectivity index is 2.81. The lowest BCUT2D eigenvalue weighted by molar-refractivity contribution is 0.0934. The zero-order valence-corrected chi connectivity index (χ0v) is 15.3. The number of hydrogen-bond donors (Lipinski definition) is 1. The molecule has 1 rings (SSSR count). The van der Waals surface area contributed by atoms with Crippen LogP contribution in [-0.4, -0.2) is 27.4 Å². The van der Waals surface area contributed by atoms with Gasteiger partial charge in [-0.05, 0) is 29.8 Å². The molecule has 0 bridgehead atoms. The molecule has 0 aliphatic heterocycles. The lowest BCUT2D eigenvalue weighted by Gasteiger charge is -2.29. The smallest absolute Gasteiger partial charge is 0.264 e. The summed E-state index contributed by atoms with van der Waals surface area (Å²) >= 11 is 4.74. The Morgan fingerprint density at radius 1 is 1.30 bits per heavy atom. The van der Waals surface area contributed by atoms with Gasteiger partial charge in [0.25, 0.3) is 5.91 Å². The van der Waals surface area contributed by atoms with E-state index in [2.05, 4.69) is 44.7 Å². The van der Waals surface area contributed by atoms with Crippen LogP contribution >= 0.6 is 27.5 Å². The number of alkyl halides is 1. The molecule has 0 radical (unpaired) electrons. The van der Waals surface area contributed by atoms with Crippen LogP contribution in [0.1, 0.15) is 62.8 Å². The molecule has 0 aliphatic rings. The van der Waals surface area contributed by atoms with Gasteiger partial charge in [-0.3, -0.25) is 4.79 Å². The highest BCUT2D eigenvalue weighted by molar-refractivity contribution is 9.09. The number of hydrogen-bond acceptors (Lipinski definition) is 4. The van der Waals surface area contributed by atoms with Crippen LogP contribution in [0, 0.1) is 5.41 Å². The van der Waals surface area contributed by atoms with Gasteiger partial charge >= 0.3 is 0 Å². The van der Waals surface area contributed by atoms with Crippen molar-refractivity contribution in [2.45, 2.75) is 52.9 Å². The van der Waals surface area contributed by atoms with Crippen molar-refractivity contribution in [2.75, 3.05) is 11.9 Å². The van der Waals surface area contributed by atoms with Crippen LogP contribution in [0.15, 0.2) is 0 Å². The van der Waals surface area contributed by atoms with Crippen LogP contribution in [0.25, 0.3) is 0 Å². The number of nitrogens with one attached hydrogen (secondary N) is 1. The molecule has 0 saturated heterocycles. The molecule has 114 valence electrons. The molecule has 0 atom stereocenters. The summed E-state index contributed by atoms with van der Waals surface area (Å²) in [7, 11) is 0. The second-order valence-corrected chi connectivity index (χ2v) is 7.54. The molecule has 0 unspecified atom stereocenters. The summed E-state index contributed by atoms with van der Waals surface area (Å²) in [6, 6.07) is 0. The molecular formula is C14H24BrN3OS. The number of carbonyl (C=O) groups is 1. The lowest BCUT2D eigenvalue weighted by atomic mass is 9.84. The van der Waals surface area contributed by atoms with Crippen molar-refractivity contribution in [3.8, 4) is 0 Å². The number of halogens is 1. The Labute approximate surface area is 134 Å². The zero-order chi connectivity index (χ0) is 15.4. The molecule has 0 aliphatic carbocycles. The van der Waals surface area contributed by atoms with E-state index < -0.39 is 0 Å². The van der Waals surface area contributed by atoms with Crippen molar-refractivity contribution in [3.63, 3.8) is 0 Å². The summed E-state index contributed by atoms with van der Waals surface area (Å²) in [4.78, 5) is 13.0. The van der Waals surface area contributed by atoms with Gasteiger partial charge in [-0.1, -0.05) is 55.0 Å². The fourth-order valence-electron chi connectivity index (χ4n) is 1.91. The second-order valence-electron chi connectivity index (χ2n) is 6.22. The Bertz CT molecular complexity index is 441. The van der Waals surface area contributed by atoms with E-state index in [0.29, 0.717) is 11.4 Å². The highest BCUT2D eigenvalue weighted by atomic mass is 79.9. The van der Waals surface area contributed by atoms with Gasteiger partial charge in [0.2, 0.25) is 0 Å². The topological polar surface area (TPSA) is 54.9 Å². The zero-order valence-electron chi connectivity index (χ0n) is 12.9. The summed E-state index contributed by atoms with van der Waals surface area (Å²) < 4.78 is 3.94. The Morgan fingerprint density at radius 3 is 2.35 bits per heavy atom. The van der Waals surface area contributed by atoms with E-state index in [-0.39, 0.29) is 16.7 Å². The number of amides is 1. The summed E-state index contributed by atoms with van der Waals surface area (Å²) in [5.74, 6) is -0.0582. The molecule has 0 saturated carbocycles. The number of nitrogens with zero attached hydrogens (tertiary/aromatic N) is 2. The first kappa shape index (κ1) is 17.6. The van der Waals surface area contributed by atoms with Crippen LogP contribution in [0.3, 0.4) is 0 Å². The van der Waals surface area contributed by atoms with Crippen molar-refractivity contribution in [3.05, 3.63) is 10.6 Å². The predicted molar refractivity (Wildman–Crippen MR) is 87.8 cm³/mol. The van der Waals surface area contributed by atoms with Crippen molar-refractivity contribution < 1.29 is 4.79 Å². The van der Waals surface area contributed by atoms with Gasteiger partial charge in [-0.2, -0.15) is 0 Å². The van der Waals surface area contributed by atoms with Gasteiger partial charge in [0, 0.05) is 17.3 Å². The molecular weight excluding hydrogens is 338 g/mol. The molecule has 1 aromatic rings. The van der Waals surface area contributed by atoms with E-state index in [9.17, 15) is 4.79 Å².